The standard InChI is InChI=1S/C29H21F2N5/c1-17(11-25-28-29(34-15-32-25)35-16-33-28)24-14-20-7-4-10-23(18-5-2-8-21(30)12-18)26(20)36-27(24)19-6-3-9-22(31)13-19/h2-10,12-17H,11H2,1H3,(H,32,33,34,35)/t17-/m1/s1. The number of nitrogens with zero attached hydrogens (tertiary/aromatic N) is 4. The molecule has 0 spiro atoms. The van der Waals surface area contributed by atoms with Crippen LogP contribution in [0.1, 0.15) is 24.1 Å². The molecule has 6 aromatic rings. The Labute approximate surface area is 205 Å². The molecule has 0 saturated heterocycles. The lowest BCUT2D eigenvalue weighted by Crippen LogP contribution is -2.06. The number of fused-ring (bicyclic) bond motifs is 2. The average Bonchev–Trinajstić information content (AvgIpc) is 3.37. The van der Waals surface area contributed by atoms with E-state index in [4.69, 9.17) is 4.98 Å². The first-order valence-electron chi connectivity index (χ1n) is 11.7. The number of pyridine rings is 1. The van der Waals surface area contributed by atoms with E-state index < -0.39 is 0 Å². The van der Waals surface area contributed by atoms with Crippen LogP contribution in [-0.4, -0.2) is 24.9 Å². The summed E-state index contributed by atoms with van der Waals surface area (Å²) >= 11 is 0. The first kappa shape index (κ1) is 22.0. The molecule has 0 bridgehead atoms. The van der Waals surface area contributed by atoms with Gasteiger partial charge in [0.1, 0.15) is 23.5 Å². The molecule has 1 atom stereocenters. The number of nitrogens with one attached hydrogen (secondary N) is 1. The van der Waals surface area contributed by atoms with Crippen LogP contribution in [0.25, 0.3) is 44.5 Å². The molecule has 0 radical (unpaired) electrons. The third-order valence-corrected chi connectivity index (χ3v) is 6.44. The van der Waals surface area contributed by atoms with Crippen LogP contribution >= 0.6 is 0 Å². The smallest absolute Gasteiger partial charge is 0.180 e. The highest BCUT2D eigenvalue weighted by atomic mass is 19.1. The van der Waals surface area contributed by atoms with Gasteiger partial charge in [-0.05, 0) is 53.8 Å². The molecule has 0 aliphatic heterocycles. The molecule has 0 amide bonds. The van der Waals surface area contributed by atoms with Gasteiger partial charge < -0.3 is 4.98 Å². The highest BCUT2D eigenvalue weighted by molar-refractivity contribution is 5.95. The molecule has 3 aromatic carbocycles. The molecule has 0 aliphatic carbocycles. The average molecular weight is 478 g/mol. The second-order valence-electron chi connectivity index (χ2n) is 8.85. The Kier molecular flexibility index (Phi) is 5.45. The lowest BCUT2D eigenvalue weighted by atomic mass is 9.89. The summed E-state index contributed by atoms with van der Waals surface area (Å²) in [5, 5.41) is 0.924. The van der Waals surface area contributed by atoms with Crippen LogP contribution in [0.3, 0.4) is 0 Å². The van der Waals surface area contributed by atoms with E-state index in [1.54, 1.807) is 18.5 Å². The van der Waals surface area contributed by atoms with E-state index in [0.29, 0.717) is 23.3 Å². The molecule has 1 N–H and O–H groups in total. The number of halogens is 2. The molecule has 7 heteroatoms. The highest BCUT2D eigenvalue weighted by Gasteiger charge is 2.20. The predicted octanol–water partition coefficient (Wildman–Crippen LogP) is 6.86. The summed E-state index contributed by atoms with van der Waals surface area (Å²) in [5.41, 5.74) is 6.90. The van der Waals surface area contributed by atoms with Crippen LogP contribution in [0.15, 0.2) is 85.5 Å². The van der Waals surface area contributed by atoms with E-state index in [2.05, 4.69) is 32.9 Å². The molecule has 6 rings (SSSR count). The number of H-pyrrole nitrogens is 1. The van der Waals surface area contributed by atoms with Crippen molar-refractivity contribution < 1.29 is 8.78 Å². The van der Waals surface area contributed by atoms with Crippen LogP contribution in [0, 0.1) is 11.6 Å². The maximum Gasteiger partial charge on any atom is 0.180 e. The number of benzene rings is 3. The third kappa shape index (κ3) is 3.98. The summed E-state index contributed by atoms with van der Waals surface area (Å²) in [4.78, 5) is 21.1. The fourth-order valence-electron chi connectivity index (χ4n) is 4.72. The summed E-state index contributed by atoms with van der Waals surface area (Å²) in [6.07, 6.45) is 3.74. The van der Waals surface area contributed by atoms with Crippen molar-refractivity contribution in [2.45, 2.75) is 19.3 Å². The molecule has 0 unspecified atom stereocenters. The summed E-state index contributed by atoms with van der Waals surface area (Å²) in [5.74, 6) is -0.643. The Morgan fingerprint density at radius 1 is 0.833 bits per heavy atom. The lowest BCUT2D eigenvalue weighted by Gasteiger charge is -2.18. The van der Waals surface area contributed by atoms with Gasteiger partial charge in [-0.2, -0.15) is 0 Å². The molecule has 0 fully saturated rings. The predicted molar refractivity (Wildman–Crippen MR) is 136 cm³/mol. The van der Waals surface area contributed by atoms with Crippen molar-refractivity contribution in [3.8, 4) is 22.4 Å². The van der Waals surface area contributed by atoms with Gasteiger partial charge in [0, 0.05) is 16.5 Å². The summed E-state index contributed by atoms with van der Waals surface area (Å²) in [7, 11) is 0. The zero-order valence-corrected chi connectivity index (χ0v) is 19.4. The zero-order chi connectivity index (χ0) is 24.6. The van der Waals surface area contributed by atoms with E-state index in [9.17, 15) is 8.78 Å². The lowest BCUT2D eigenvalue weighted by molar-refractivity contribution is 0.628. The van der Waals surface area contributed by atoms with Gasteiger partial charge in [-0.3, -0.25) is 0 Å². The Morgan fingerprint density at radius 2 is 1.58 bits per heavy atom. The summed E-state index contributed by atoms with van der Waals surface area (Å²) in [6, 6.07) is 20.9. The first-order chi connectivity index (χ1) is 17.6. The normalized spacial score (nSPS) is 12.3. The number of aromatic amines is 1. The number of aromatic nitrogens is 5. The largest absolute Gasteiger partial charge is 0.342 e. The molecule has 0 aliphatic rings. The van der Waals surface area contributed by atoms with Gasteiger partial charge in [0.25, 0.3) is 0 Å². The van der Waals surface area contributed by atoms with Crippen LogP contribution in [0.4, 0.5) is 8.78 Å². The quantitative estimate of drug-likeness (QED) is 0.295. The van der Waals surface area contributed by atoms with Crippen molar-refractivity contribution in [1.82, 2.24) is 24.9 Å². The van der Waals surface area contributed by atoms with Gasteiger partial charge in [0.15, 0.2) is 5.65 Å². The number of para-hydroxylation sites is 1. The molecule has 5 nitrogen and oxygen atoms in total. The van der Waals surface area contributed by atoms with E-state index in [1.165, 1.54) is 30.6 Å². The van der Waals surface area contributed by atoms with Crippen LogP contribution in [0.2, 0.25) is 0 Å². The second-order valence-corrected chi connectivity index (χ2v) is 8.85. The third-order valence-electron chi connectivity index (χ3n) is 6.44. The maximum absolute atomic E-state index is 14.3. The van der Waals surface area contributed by atoms with Crippen molar-refractivity contribution in [2.24, 2.45) is 0 Å². The minimum atomic E-state index is -0.332. The Balaban J connectivity index is 1.54. The van der Waals surface area contributed by atoms with Crippen molar-refractivity contribution in [3.05, 3.63) is 108 Å². The Bertz CT molecular complexity index is 1730. The molecule has 3 heterocycles. The highest BCUT2D eigenvalue weighted by Crippen LogP contribution is 2.36. The SMILES string of the molecule is C[C@H](Cc1ncnc2nc[nH]c12)c1cc2cccc(-c3cccc(F)c3)c2nc1-c1cccc(F)c1. The van der Waals surface area contributed by atoms with Crippen molar-refractivity contribution >= 4 is 22.1 Å². The maximum atomic E-state index is 14.3. The molecular formula is C29H21F2N5. The number of hydrogen-bond donors (Lipinski definition) is 1. The molecule has 0 saturated carbocycles. The topological polar surface area (TPSA) is 67.3 Å². The fourth-order valence-corrected chi connectivity index (χ4v) is 4.72. The fraction of sp³-hybridized carbons (Fsp3) is 0.103. The first-order valence-corrected chi connectivity index (χ1v) is 11.7. The molecule has 3 aromatic heterocycles. The van der Waals surface area contributed by atoms with Crippen LogP contribution in [-0.2, 0) is 6.42 Å². The van der Waals surface area contributed by atoms with Crippen molar-refractivity contribution in [1.29, 1.82) is 0 Å². The van der Waals surface area contributed by atoms with Crippen molar-refractivity contribution in [2.75, 3.05) is 0 Å². The number of hydrogen-bond acceptors (Lipinski definition) is 4. The summed E-state index contributed by atoms with van der Waals surface area (Å²) in [6.45, 7) is 2.10. The van der Waals surface area contributed by atoms with Crippen molar-refractivity contribution in [3.63, 3.8) is 0 Å². The number of rotatable bonds is 5. The molecule has 176 valence electrons. The Hall–Kier alpha value is -4.52. The zero-order valence-electron chi connectivity index (χ0n) is 19.4. The van der Waals surface area contributed by atoms with Crippen LogP contribution in [0.5, 0.6) is 0 Å². The van der Waals surface area contributed by atoms with E-state index >= 15 is 0 Å². The van der Waals surface area contributed by atoms with Gasteiger partial charge in [-0.15, -0.1) is 0 Å². The van der Waals surface area contributed by atoms with Gasteiger partial charge >= 0.3 is 0 Å². The van der Waals surface area contributed by atoms with E-state index in [1.807, 2.05) is 30.3 Å². The van der Waals surface area contributed by atoms with Gasteiger partial charge in [-0.25, -0.2) is 28.7 Å². The van der Waals surface area contributed by atoms with Gasteiger partial charge in [-0.1, -0.05) is 49.4 Å². The monoisotopic (exact) mass is 477 g/mol. The minimum absolute atomic E-state index is 0.000562. The van der Waals surface area contributed by atoms with E-state index in [-0.39, 0.29) is 17.6 Å². The van der Waals surface area contributed by atoms with Crippen LogP contribution < -0.4 is 0 Å². The molecular weight excluding hydrogens is 456 g/mol. The minimum Gasteiger partial charge on any atom is -0.342 e. The number of imidazole rings is 1. The van der Waals surface area contributed by atoms with E-state index in [0.717, 1.165) is 38.8 Å². The summed E-state index contributed by atoms with van der Waals surface area (Å²) < 4.78 is 28.3. The van der Waals surface area contributed by atoms with Gasteiger partial charge in [0.2, 0.25) is 0 Å². The Morgan fingerprint density at radius 3 is 2.39 bits per heavy atom. The molecule has 36 heavy (non-hydrogen) atoms. The van der Waals surface area contributed by atoms with Gasteiger partial charge in [0.05, 0.1) is 23.2 Å². The second kappa shape index (κ2) is 8.92.